The summed E-state index contributed by atoms with van der Waals surface area (Å²) < 4.78 is 0. The second-order valence-electron chi connectivity index (χ2n) is 5.17. The van der Waals surface area contributed by atoms with Gasteiger partial charge in [0.2, 0.25) is 0 Å². The van der Waals surface area contributed by atoms with Crippen LogP contribution in [0, 0.1) is 0 Å². The Morgan fingerprint density at radius 1 is 0.952 bits per heavy atom. The summed E-state index contributed by atoms with van der Waals surface area (Å²) in [6, 6.07) is 21.6. The van der Waals surface area contributed by atoms with Crippen LogP contribution in [0.1, 0.15) is 36.6 Å². The molecule has 1 aliphatic rings. The third kappa shape index (κ3) is 3.30. The lowest BCUT2D eigenvalue weighted by molar-refractivity contribution is 0.573. The van der Waals surface area contributed by atoms with Gasteiger partial charge in [-0.3, -0.25) is 4.99 Å². The first-order chi connectivity index (χ1) is 10.4. The second kappa shape index (κ2) is 6.81. The lowest BCUT2D eigenvalue weighted by Crippen LogP contribution is -2.22. The Kier molecular flexibility index (Phi) is 4.61. The summed E-state index contributed by atoms with van der Waals surface area (Å²) in [6.07, 6.45) is 1.16. The number of benzene rings is 2. The first-order valence-electron chi connectivity index (χ1n) is 7.45. The Morgan fingerprint density at radius 2 is 1.57 bits per heavy atom. The standard InChI is InChI=1S/C18H20N2S/c1-2-13-21-18-19-16(14-9-5-3-6-10-14)17(20-18)15-11-7-4-8-12-15/h3-12,16-17H,2,13H2,1H3,(H,19,20)/t16-,17-/m0/s1. The molecule has 3 heteroatoms. The molecular formula is C18H20N2S. The van der Waals surface area contributed by atoms with Gasteiger partial charge < -0.3 is 5.32 Å². The van der Waals surface area contributed by atoms with E-state index in [1.54, 1.807) is 0 Å². The third-order valence-electron chi connectivity index (χ3n) is 3.59. The molecule has 2 aromatic carbocycles. The van der Waals surface area contributed by atoms with Gasteiger partial charge in [0.05, 0.1) is 6.04 Å². The van der Waals surface area contributed by atoms with Crippen molar-refractivity contribution >= 4 is 16.9 Å². The number of rotatable bonds is 4. The number of nitrogens with zero attached hydrogens (tertiary/aromatic N) is 1. The van der Waals surface area contributed by atoms with Crippen LogP contribution < -0.4 is 5.32 Å². The smallest absolute Gasteiger partial charge is 0.157 e. The SMILES string of the molecule is CCCSC1=N[C@@H](c2ccccc2)[C@H](c2ccccc2)N1. The Morgan fingerprint density at radius 3 is 2.19 bits per heavy atom. The van der Waals surface area contributed by atoms with E-state index in [1.807, 2.05) is 11.8 Å². The fraction of sp³-hybridized carbons (Fsp3) is 0.278. The van der Waals surface area contributed by atoms with Crippen LogP contribution in [-0.2, 0) is 0 Å². The molecule has 3 rings (SSSR count). The van der Waals surface area contributed by atoms with Crippen molar-refractivity contribution in [1.29, 1.82) is 0 Å². The predicted octanol–water partition coefficient (Wildman–Crippen LogP) is 4.57. The highest BCUT2D eigenvalue weighted by Gasteiger charge is 2.30. The molecule has 0 amide bonds. The van der Waals surface area contributed by atoms with Crippen molar-refractivity contribution in [2.24, 2.45) is 4.99 Å². The van der Waals surface area contributed by atoms with E-state index in [-0.39, 0.29) is 12.1 Å². The van der Waals surface area contributed by atoms with Gasteiger partial charge in [0.15, 0.2) is 5.17 Å². The molecule has 0 aromatic heterocycles. The van der Waals surface area contributed by atoms with Crippen LogP contribution in [0.4, 0.5) is 0 Å². The first-order valence-corrected chi connectivity index (χ1v) is 8.44. The maximum atomic E-state index is 4.92. The minimum Gasteiger partial charge on any atom is -0.356 e. The summed E-state index contributed by atoms with van der Waals surface area (Å²) in [4.78, 5) is 4.92. The Labute approximate surface area is 130 Å². The molecule has 1 N–H and O–H groups in total. The van der Waals surface area contributed by atoms with Crippen LogP contribution in [0.3, 0.4) is 0 Å². The number of hydrogen-bond acceptors (Lipinski definition) is 3. The lowest BCUT2D eigenvalue weighted by Gasteiger charge is -2.19. The normalized spacial score (nSPS) is 20.9. The lowest BCUT2D eigenvalue weighted by atomic mass is 9.95. The van der Waals surface area contributed by atoms with Crippen LogP contribution in [0.15, 0.2) is 65.7 Å². The topological polar surface area (TPSA) is 24.4 Å². The minimum atomic E-state index is 0.160. The van der Waals surface area contributed by atoms with Crippen molar-refractivity contribution < 1.29 is 0 Å². The van der Waals surface area contributed by atoms with Crippen molar-refractivity contribution in [3.63, 3.8) is 0 Å². The van der Waals surface area contributed by atoms with Gasteiger partial charge in [-0.15, -0.1) is 0 Å². The molecule has 0 spiro atoms. The number of nitrogens with one attached hydrogen (secondary N) is 1. The summed E-state index contributed by atoms with van der Waals surface area (Å²) >= 11 is 1.82. The van der Waals surface area contributed by atoms with Gasteiger partial charge in [0, 0.05) is 5.75 Å². The third-order valence-corrected chi connectivity index (χ3v) is 4.70. The van der Waals surface area contributed by atoms with Gasteiger partial charge in [-0.1, -0.05) is 79.3 Å². The summed E-state index contributed by atoms with van der Waals surface area (Å²) in [5.74, 6) is 1.11. The molecule has 0 fully saturated rings. The average Bonchev–Trinajstić information content (AvgIpc) is 2.99. The molecule has 21 heavy (non-hydrogen) atoms. The van der Waals surface area contributed by atoms with Gasteiger partial charge in [0.25, 0.3) is 0 Å². The van der Waals surface area contributed by atoms with E-state index in [9.17, 15) is 0 Å². The van der Waals surface area contributed by atoms with Crippen LogP contribution in [-0.4, -0.2) is 10.9 Å². The molecule has 1 aliphatic heterocycles. The van der Waals surface area contributed by atoms with Crippen LogP contribution in [0.25, 0.3) is 0 Å². The monoisotopic (exact) mass is 296 g/mol. The molecule has 2 aromatic rings. The largest absolute Gasteiger partial charge is 0.356 e. The number of amidine groups is 1. The quantitative estimate of drug-likeness (QED) is 0.893. The van der Waals surface area contributed by atoms with E-state index in [4.69, 9.17) is 4.99 Å². The fourth-order valence-corrected chi connectivity index (χ4v) is 3.37. The molecule has 0 radical (unpaired) electrons. The number of thioether (sulfide) groups is 1. The molecule has 2 nitrogen and oxygen atoms in total. The van der Waals surface area contributed by atoms with Gasteiger partial charge in [-0.2, -0.15) is 0 Å². The number of hydrogen-bond donors (Lipinski definition) is 1. The second-order valence-corrected chi connectivity index (χ2v) is 6.25. The first kappa shape index (κ1) is 14.2. The molecule has 0 saturated carbocycles. The van der Waals surface area contributed by atoms with Crippen molar-refractivity contribution in [3.05, 3.63) is 71.8 Å². The van der Waals surface area contributed by atoms with Gasteiger partial charge in [-0.25, -0.2) is 0 Å². The zero-order valence-corrected chi connectivity index (χ0v) is 13.0. The van der Waals surface area contributed by atoms with Gasteiger partial charge in [0.1, 0.15) is 6.04 Å². The fourth-order valence-electron chi connectivity index (χ4n) is 2.57. The summed E-state index contributed by atoms with van der Waals surface area (Å²) in [5.41, 5.74) is 2.56. The molecule has 0 saturated heterocycles. The highest BCUT2D eigenvalue weighted by molar-refractivity contribution is 8.13. The van der Waals surface area contributed by atoms with E-state index in [2.05, 4.69) is 72.9 Å². The van der Waals surface area contributed by atoms with Crippen LogP contribution in [0.5, 0.6) is 0 Å². The van der Waals surface area contributed by atoms with Crippen molar-refractivity contribution in [3.8, 4) is 0 Å². The van der Waals surface area contributed by atoms with E-state index in [0.717, 1.165) is 17.3 Å². The molecule has 2 atom stereocenters. The van der Waals surface area contributed by atoms with Crippen molar-refractivity contribution in [2.75, 3.05) is 5.75 Å². The van der Waals surface area contributed by atoms with E-state index < -0.39 is 0 Å². The highest BCUT2D eigenvalue weighted by Crippen LogP contribution is 2.37. The Balaban J connectivity index is 1.89. The van der Waals surface area contributed by atoms with Gasteiger partial charge >= 0.3 is 0 Å². The summed E-state index contributed by atoms with van der Waals surface area (Å²) in [7, 11) is 0. The van der Waals surface area contributed by atoms with Crippen LogP contribution >= 0.6 is 11.8 Å². The van der Waals surface area contributed by atoms with Crippen molar-refractivity contribution in [1.82, 2.24) is 5.32 Å². The van der Waals surface area contributed by atoms with Crippen molar-refractivity contribution in [2.45, 2.75) is 25.4 Å². The highest BCUT2D eigenvalue weighted by atomic mass is 32.2. The minimum absolute atomic E-state index is 0.160. The predicted molar refractivity (Wildman–Crippen MR) is 91.7 cm³/mol. The maximum absolute atomic E-state index is 4.92. The zero-order chi connectivity index (χ0) is 14.5. The molecule has 0 aliphatic carbocycles. The maximum Gasteiger partial charge on any atom is 0.157 e. The molecular weight excluding hydrogens is 276 g/mol. The Hall–Kier alpha value is -1.74. The van der Waals surface area contributed by atoms with E-state index >= 15 is 0 Å². The molecule has 108 valence electrons. The summed E-state index contributed by atoms with van der Waals surface area (Å²) in [6.45, 7) is 2.20. The Bertz CT molecular complexity index is 595. The van der Waals surface area contributed by atoms with E-state index in [1.165, 1.54) is 11.1 Å². The number of aliphatic imine (C=N–C) groups is 1. The summed E-state index contributed by atoms with van der Waals surface area (Å²) in [5, 5.41) is 4.67. The molecule has 0 unspecified atom stereocenters. The average molecular weight is 296 g/mol. The van der Waals surface area contributed by atoms with Gasteiger partial charge in [-0.05, 0) is 17.5 Å². The van der Waals surface area contributed by atoms with E-state index in [0.29, 0.717) is 0 Å². The van der Waals surface area contributed by atoms with Crippen LogP contribution in [0.2, 0.25) is 0 Å². The molecule has 0 bridgehead atoms. The zero-order valence-electron chi connectivity index (χ0n) is 12.2. The molecule has 1 heterocycles.